The number of aryl methyl sites for hydroxylation is 1. The number of ether oxygens (including phenoxy) is 1. The molecule has 8 heteroatoms. The Kier molecular flexibility index (Phi) is 7.35. The number of amides is 1. The first-order valence-electron chi connectivity index (χ1n) is 9.88. The Morgan fingerprint density at radius 3 is 2.19 bits per heavy atom. The number of carbonyl (C=O) groups excluding carboxylic acids is 1. The Bertz CT molecular complexity index is 1090. The van der Waals surface area contributed by atoms with Gasteiger partial charge in [-0.1, -0.05) is 37.3 Å². The van der Waals surface area contributed by atoms with Gasteiger partial charge in [0.2, 0.25) is 0 Å². The molecule has 0 N–H and O–H groups in total. The van der Waals surface area contributed by atoms with Crippen molar-refractivity contribution in [1.29, 1.82) is 0 Å². The van der Waals surface area contributed by atoms with Crippen molar-refractivity contribution < 1.29 is 17.9 Å². The zero-order valence-corrected chi connectivity index (χ0v) is 19.4. The SMILES string of the molecule is CCc1ccc(CN(C)C(=O)COc2ccc(N(C)S(=O)(=O)c3cccs3)cc2)cc1. The predicted octanol–water partition coefficient (Wildman–Crippen LogP) is 4.17. The average molecular weight is 459 g/mol. The molecule has 0 atom stereocenters. The van der Waals surface area contributed by atoms with Crippen LogP contribution < -0.4 is 9.04 Å². The van der Waals surface area contributed by atoms with Gasteiger partial charge in [0.1, 0.15) is 9.96 Å². The van der Waals surface area contributed by atoms with Crippen LogP contribution in [-0.2, 0) is 27.8 Å². The smallest absolute Gasteiger partial charge is 0.273 e. The van der Waals surface area contributed by atoms with Gasteiger partial charge in [0.05, 0.1) is 5.69 Å². The summed E-state index contributed by atoms with van der Waals surface area (Å²) >= 11 is 1.18. The number of rotatable bonds is 9. The van der Waals surface area contributed by atoms with Crippen molar-refractivity contribution in [2.45, 2.75) is 24.1 Å². The predicted molar refractivity (Wildman–Crippen MR) is 124 cm³/mol. The van der Waals surface area contributed by atoms with Crippen LogP contribution in [0.15, 0.2) is 70.3 Å². The lowest BCUT2D eigenvalue weighted by Gasteiger charge is -2.19. The van der Waals surface area contributed by atoms with Crippen molar-refractivity contribution in [1.82, 2.24) is 4.90 Å². The van der Waals surface area contributed by atoms with Gasteiger partial charge >= 0.3 is 0 Å². The highest BCUT2D eigenvalue weighted by molar-refractivity contribution is 7.94. The second-order valence-corrected chi connectivity index (χ2v) is 10.3. The maximum absolute atomic E-state index is 12.6. The Hall–Kier alpha value is -2.84. The summed E-state index contributed by atoms with van der Waals surface area (Å²) in [4.78, 5) is 14.0. The lowest BCUT2D eigenvalue weighted by atomic mass is 10.1. The fourth-order valence-corrected chi connectivity index (χ4v) is 5.29. The summed E-state index contributed by atoms with van der Waals surface area (Å²) in [6, 6.07) is 18.1. The minimum atomic E-state index is -3.58. The van der Waals surface area contributed by atoms with Crippen LogP contribution in [-0.4, -0.2) is 39.9 Å². The van der Waals surface area contributed by atoms with E-state index in [9.17, 15) is 13.2 Å². The van der Waals surface area contributed by atoms with Crippen LogP contribution in [0.4, 0.5) is 5.69 Å². The van der Waals surface area contributed by atoms with E-state index < -0.39 is 10.0 Å². The molecule has 0 radical (unpaired) electrons. The normalized spacial score (nSPS) is 11.2. The number of sulfonamides is 1. The molecule has 0 fully saturated rings. The second-order valence-electron chi connectivity index (χ2n) is 7.11. The van der Waals surface area contributed by atoms with E-state index in [2.05, 4.69) is 19.1 Å². The first-order valence-corrected chi connectivity index (χ1v) is 12.2. The number of carbonyl (C=O) groups is 1. The molecule has 1 aromatic heterocycles. The van der Waals surface area contributed by atoms with Crippen LogP contribution in [0.3, 0.4) is 0 Å². The first-order chi connectivity index (χ1) is 14.8. The van der Waals surface area contributed by atoms with E-state index in [0.29, 0.717) is 18.0 Å². The van der Waals surface area contributed by atoms with E-state index in [-0.39, 0.29) is 16.7 Å². The Morgan fingerprint density at radius 1 is 0.968 bits per heavy atom. The third kappa shape index (κ3) is 5.65. The maximum atomic E-state index is 12.6. The Balaban J connectivity index is 1.55. The Morgan fingerprint density at radius 2 is 1.61 bits per heavy atom. The number of nitrogens with zero attached hydrogens (tertiary/aromatic N) is 2. The molecule has 31 heavy (non-hydrogen) atoms. The van der Waals surface area contributed by atoms with Crippen molar-refractivity contribution in [3.05, 3.63) is 77.2 Å². The molecule has 0 saturated heterocycles. The molecule has 0 unspecified atom stereocenters. The molecule has 3 aromatic rings. The lowest BCUT2D eigenvalue weighted by molar-refractivity contribution is -0.132. The number of likely N-dealkylation sites (N-methyl/N-ethyl adjacent to an activating group) is 1. The summed E-state index contributed by atoms with van der Waals surface area (Å²) in [6.45, 7) is 2.53. The molecule has 0 spiro atoms. The molecular formula is C23H26N2O4S2. The Labute approximate surface area is 187 Å². The number of anilines is 1. The molecule has 1 heterocycles. The van der Waals surface area contributed by atoms with Crippen LogP contribution in [0.5, 0.6) is 5.75 Å². The molecule has 6 nitrogen and oxygen atoms in total. The van der Waals surface area contributed by atoms with Gasteiger partial charge in [0, 0.05) is 20.6 Å². The van der Waals surface area contributed by atoms with E-state index in [4.69, 9.17) is 4.74 Å². The topological polar surface area (TPSA) is 66.9 Å². The van der Waals surface area contributed by atoms with Gasteiger partial charge < -0.3 is 9.64 Å². The van der Waals surface area contributed by atoms with Gasteiger partial charge in [-0.05, 0) is 53.3 Å². The highest BCUT2D eigenvalue weighted by Crippen LogP contribution is 2.26. The van der Waals surface area contributed by atoms with Crippen LogP contribution >= 0.6 is 11.3 Å². The van der Waals surface area contributed by atoms with E-state index >= 15 is 0 Å². The van der Waals surface area contributed by atoms with Crippen LogP contribution in [0.2, 0.25) is 0 Å². The van der Waals surface area contributed by atoms with Crippen LogP contribution in [0, 0.1) is 0 Å². The van der Waals surface area contributed by atoms with Gasteiger partial charge in [0.25, 0.3) is 15.9 Å². The van der Waals surface area contributed by atoms with Gasteiger partial charge in [-0.2, -0.15) is 0 Å². The van der Waals surface area contributed by atoms with Gasteiger partial charge in [-0.3, -0.25) is 9.10 Å². The number of benzene rings is 2. The number of hydrogen-bond donors (Lipinski definition) is 0. The van der Waals surface area contributed by atoms with Crippen LogP contribution in [0.1, 0.15) is 18.1 Å². The standard InChI is InChI=1S/C23H26N2O4S2/c1-4-18-7-9-19(10-8-18)16-24(2)22(26)17-29-21-13-11-20(12-14-21)25(3)31(27,28)23-6-5-15-30-23/h5-15H,4,16-17H2,1-3H3. The highest BCUT2D eigenvalue weighted by Gasteiger charge is 2.22. The molecule has 0 bridgehead atoms. The zero-order chi connectivity index (χ0) is 22.4. The molecule has 0 aliphatic heterocycles. The van der Waals surface area contributed by atoms with Gasteiger partial charge in [-0.15, -0.1) is 11.3 Å². The third-order valence-corrected chi connectivity index (χ3v) is 8.11. The zero-order valence-electron chi connectivity index (χ0n) is 17.8. The van der Waals surface area contributed by atoms with Crippen LogP contribution in [0.25, 0.3) is 0 Å². The fourth-order valence-electron chi connectivity index (χ4n) is 2.93. The van der Waals surface area contributed by atoms with Crippen molar-refractivity contribution in [2.24, 2.45) is 0 Å². The number of thiophene rings is 1. The first kappa shape index (κ1) is 22.8. The molecular weight excluding hydrogens is 432 g/mol. The maximum Gasteiger partial charge on any atom is 0.273 e. The summed E-state index contributed by atoms with van der Waals surface area (Å²) in [5.41, 5.74) is 2.84. The lowest BCUT2D eigenvalue weighted by Crippen LogP contribution is -2.31. The fraction of sp³-hybridized carbons (Fsp3) is 0.261. The quantitative estimate of drug-likeness (QED) is 0.483. The molecule has 0 aliphatic rings. The van der Waals surface area contributed by atoms with E-state index in [1.165, 1.54) is 28.3 Å². The van der Waals surface area contributed by atoms with Gasteiger partial charge in [-0.25, -0.2) is 8.42 Å². The molecule has 1 amide bonds. The van der Waals surface area contributed by atoms with E-state index in [0.717, 1.165) is 12.0 Å². The van der Waals surface area contributed by atoms with Crippen molar-refractivity contribution in [3.63, 3.8) is 0 Å². The average Bonchev–Trinajstić information content (AvgIpc) is 3.33. The monoisotopic (exact) mass is 458 g/mol. The van der Waals surface area contributed by atoms with Crippen molar-refractivity contribution >= 4 is 33.0 Å². The van der Waals surface area contributed by atoms with E-state index in [1.54, 1.807) is 53.7 Å². The minimum Gasteiger partial charge on any atom is -0.484 e. The molecule has 3 rings (SSSR count). The summed E-state index contributed by atoms with van der Waals surface area (Å²) in [7, 11) is -0.329. The molecule has 0 aliphatic carbocycles. The van der Waals surface area contributed by atoms with E-state index in [1.807, 2.05) is 12.1 Å². The largest absolute Gasteiger partial charge is 0.484 e. The van der Waals surface area contributed by atoms with Gasteiger partial charge in [0.15, 0.2) is 6.61 Å². The second kappa shape index (κ2) is 9.98. The molecule has 164 valence electrons. The summed E-state index contributed by atoms with van der Waals surface area (Å²) in [6.07, 6.45) is 0.984. The summed E-state index contributed by atoms with van der Waals surface area (Å²) in [5.74, 6) is 0.362. The third-order valence-electron chi connectivity index (χ3n) is 4.95. The molecule has 0 saturated carbocycles. The minimum absolute atomic E-state index is 0.0910. The molecule has 2 aromatic carbocycles. The summed E-state index contributed by atoms with van der Waals surface area (Å²) < 4.78 is 32.3. The number of hydrogen-bond acceptors (Lipinski definition) is 5. The summed E-state index contributed by atoms with van der Waals surface area (Å²) in [5, 5.41) is 1.73. The van der Waals surface area contributed by atoms with Crippen molar-refractivity contribution in [2.75, 3.05) is 25.0 Å². The highest BCUT2D eigenvalue weighted by atomic mass is 32.2. The van der Waals surface area contributed by atoms with Crippen molar-refractivity contribution in [3.8, 4) is 5.75 Å².